The van der Waals surface area contributed by atoms with Gasteiger partial charge in [0.15, 0.2) is 0 Å². The molecule has 94 valence electrons. The van der Waals surface area contributed by atoms with Gasteiger partial charge < -0.3 is 5.11 Å². The van der Waals surface area contributed by atoms with E-state index in [9.17, 15) is 4.79 Å². The third kappa shape index (κ3) is 3.60. The maximum Gasteiger partial charge on any atom is 0.336 e. The molecule has 0 bridgehead atoms. The number of thioether (sulfide) groups is 1. The Balaban J connectivity index is 2.03. The number of hydrogen-bond acceptors (Lipinski definition) is 3. The van der Waals surface area contributed by atoms with Crippen molar-refractivity contribution in [1.29, 1.82) is 0 Å². The van der Waals surface area contributed by atoms with E-state index in [4.69, 9.17) is 5.11 Å². The molecular weight excluding hydrogens is 332 g/mol. The number of aryl methyl sites for hydroxylation is 1. The molecule has 0 radical (unpaired) electrons. The van der Waals surface area contributed by atoms with E-state index in [1.807, 2.05) is 6.07 Å². The Morgan fingerprint density at radius 2 is 2.22 bits per heavy atom. The van der Waals surface area contributed by atoms with Crippen LogP contribution in [0.3, 0.4) is 0 Å². The van der Waals surface area contributed by atoms with Gasteiger partial charge in [-0.2, -0.15) is 11.3 Å². The number of hydrogen-bond donors (Lipinski definition) is 1. The van der Waals surface area contributed by atoms with Gasteiger partial charge in [0, 0.05) is 15.1 Å². The molecule has 0 aliphatic rings. The summed E-state index contributed by atoms with van der Waals surface area (Å²) in [5.41, 5.74) is 1.67. The van der Waals surface area contributed by atoms with Gasteiger partial charge in [0.2, 0.25) is 0 Å². The molecule has 18 heavy (non-hydrogen) atoms. The smallest absolute Gasteiger partial charge is 0.336 e. The van der Waals surface area contributed by atoms with Crippen LogP contribution in [-0.2, 0) is 6.42 Å². The zero-order valence-electron chi connectivity index (χ0n) is 9.43. The number of rotatable bonds is 5. The molecule has 1 N–H and O–H groups in total. The minimum Gasteiger partial charge on any atom is -0.478 e. The topological polar surface area (TPSA) is 37.3 Å². The Labute approximate surface area is 122 Å². The van der Waals surface area contributed by atoms with Crippen LogP contribution in [0.15, 0.2) is 44.4 Å². The fourth-order valence-corrected chi connectivity index (χ4v) is 3.80. The summed E-state index contributed by atoms with van der Waals surface area (Å²) in [4.78, 5) is 11.9. The third-order valence-corrected chi connectivity index (χ3v) is 4.68. The highest BCUT2D eigenvalue weighted by Crippen LogP contribution is 2.27. The Hall–Kier alpha value is -0.780. The number of halogens is 1. The summed E-state index contributed by atoms with van der Waals surface area (Å²) in [6.45, 7) is 0. The average molecular weight is 343 g/mol. The van der Waals surface area contributed by atoms with E-state index in [0.717, 1.165) is 21.5 Å². The lowest BCUT2D eigenvalue weighted by molar-refractivity contribution is 0.0693. The van der Waals surface area contributed by atoms with Crippen LogP contribution in [-0.4, -0.2) is 16.8 Å². The van der Waals surface area contributed by atoms with Gasteiger partial charge in [-0.05, 0) is 47.0 Å². The Morgan fingerprint density at radius 3 is 2.89 bits per heavy atom. The summed E-state index contributed by atoms with van der Waals surface area (Å²) in [7, 11) is 0. The van der Waals surface area contributed by atoms with Crippen LogP contribution < -0.4 is 0 Å². The molecule has 2 aromatic rings. The number of aromatic carboxylic acids is 1. The minimum atomic E-state index is -0.875. The number of carbonyl (C=O) groups is 1. The molecule has 0 spiro atoms. The first-order valence-corrected chi connectivity index (χ1v) is 8.05. The van der Waals surface area contributed by atoms with Crippen molar-refractivity contribution in [3.63, 3.8) is 0 Å². The van der Waals surface area contributed by atoms with Gasteiger partial charge in [0.1, 0.15) is 0 Å². The van der Waals surface area contributed by atoms with Crippen LogP contribution in [0.1, 0.15) is 15.9 Å². The molecule has 0 atom stereocenters. The van der Waals surface area contributed by atoms with E-state index in [1.165, 1.54) is 5.56 Å². The van der Waals surface area contributed by atoms with Gasteiger partial charge in [-0.3, -0.25) is 0 Å². The summed E-state index contributed by atoms with van der Waals surface area (Å²) in [5.74, 6) is 0.00790. The van der Waals surface area contributed by atoms with E-state index < -0.39 is 5.97 Å². The molecule has 0 fully saturated rings. The van der Waals surface area contributed by atoms with Crippen LogP contribution in [0.4, 0.5) is 0 Å². The predicted molar refractivity (Wildman–Crippen MR) is 79.8 cm³/mol. The number of carboxylic acid groups (broad SMARTS) is 1. The second-order valence-corrected chi connectivity index (χ2v) is 6.51. The minimum absolute atomic E-state index is 0.369. The summed E-state index contributed by atoms with van der Waals surface area (Å²) < 4.78 is 0.908. The van der Waals surface area contributed by atoms with Crippen molar-refractivity contribution in [2.24, 2.45) is 0 Å². The van der Waals surface area contributed by atoms with Gasteiger partial charge in [-0.15, -0.1) is 11.8 Å². The van der Waals surface area contributed by atoms with Crippen molar-refractivity contribution < 1.29 is 9.90 Å². The molecule has 2 nitrogen and oxygen atoms in total. The van der Waals surface area contributed by atoms with Crippen LogP contribution in [0.5, 0.6) is 0 Å². The molecule has 2 rings (SSSR count). The molecule has 0 saturated heterocycles. The van der Waals surface area contributed by atoms with Gasteiger partial charge in [-0.25, -0.2) is 4.79 Å². The first-order chi connectivity index (χ1) is 8.66. The number of carboxylic acids is 1. The average Bonchev–Trinajstić information content (AvgIpc) is 2.82. The van der Waals surface area contributed by atoms with Crippen molar-refractivity contribution in [3.8, 4) is 0 Å². The van der Waals surface area contributed by atoms with E-state index in [-0.39, 0.29) is 0 Å². The van der Waals surface area contributed by atoms with E-state index in [2.05, 4.69) is 32.8 Å². The Kier molecular flexibility index (Phi) is 4.86. The molecule has 1 heterocycles. The molecular formula is C13H11BrO2S2. The summed E-state index contributed by atoms with van der Waals surface area (Å²) >= 11 is 6.64. The molecule has 0 aliphatic heterocycles. The first kappa shape index (κ1) is 13.6. The van der Waals surface area contributed by atoms with Crippen LogP contribution in [0.2, 0.25) is 0 Å². The van der Waals surface area contributed by atoms with Crippen molar-refractivity contribution in [3.05, 3.63) is 50.6 Å². The van der Waals surface area contributed by atoms with Crippen LogP contribution in [0, 0.1) is 0 Å². The zero-order chi connectivity index (χ0) is 13.0. The van der Waals surface area contributed by atoms with Crippen molar-refractivity contribution in [2.75, 3.05) is 5.75 Å². The highest BCUT2D eigenvalue weighted by Gasteiger charge is 2.10. The number of thiophene rings is 1. The highest BCUT2D eigenvalue weighted by molar-refractivity contribution is 9.10. The monoisotopic (exact) mass is 342 g/mol. The lowest BCUT2D eigenvalue weighted by atomic mass is 10.2. The van der Waals surface area contributed by atoms with Gasteiger partial charge in [-0.1, -0.05) is 15.9 Å². The summed E-state index contributed by atoms with van der Waals surface area (Å²) in [5, 5.41) is 13.3. The SMILES string of the molecule is O=C(O)c1ccc(Br)cc1SCCc1ccsc1. The second kappa shape index (κ2) is 6.41. The lowest BCUT2D eigenvalue weighted by Crippen LogP contribution is -1.99. The van der Waals surface area contributed by atoms with Crippen LogP contribution >= 0.6 is 39.0 Å². The third-order valence-electron chi connectivity index (χ3n) is 2.40. The van der Waals surface area contributed by atoms with E-state index in [1.54, 1.807) is 35.2 Å². The van der Waals surface area contributed by atoms with Gasteiger partial charge >= 0.3 is 5.97 Å². The Bertz CT molecular complexity index is 538. The van der Waals surface area contributed by atoms with Crippen molar-refractivity contribution in [1.82, 2.24) is 0 Å². The standard InChI is InChI=1S/C13H11BrO2S2/c14-10-1-2-11(13(15)16)12(7-10)18-6-4-9-3-5-17-8-9/h1-3,5,7-8H,4,6H2,(H,15,16). The van der Waals surface area contributed by atoms with Crippen molar-refractivity contribution in [2.45, 2.75) is 11.3 Å². The second-order valence-electron chi connectivity index (χ2n) is 3.68. The fraction of sp³-hybridized carbons (Fsp3) is 0.154. The molecule has 5 heteroatoms. The summed E-state index contributed by atoms with van der Waals surface area (Å²) in [6.07, 6.45) is 0.958. The molecule has 0 unspecified atom stereocenters. The zero-order valence-corrected chi connectivity index (χ0v) is 12.6. The fourth-order valence-electron chi connectivity index (χ4n) is 1.51. The quantitative estimate of drug-likeness (QED) is 0.810. The van der Waals surface area contributed by atoms with Gasteiger partial charge in [0.25, 0.3) is 0 Å². The Morgan fingerprint density at radius 1 is 1.39 bits per heavy atom. The lowest BCUT2D eigenvalue weighted by Gasteiger charge is -2.06. The summed E-state index contributed by atoms with van der Waals surface area (Å²) in [6, 6.07) is 7.36. The van der Waals surface area contributed by atoms with Gasteiger partial charge in [0.05, 0.1) is 5.56 Å². The molecule has 0 aliphatic carbocycles. The largest absolute Gasteiger partial charge is 0.478 e. The number of benzene rings is 1. The first-order valence-electron chi connectivity index (χ1n) is 5.33. The normalized spacial score (nSPS) is 10.5. The maximum absolute atomic E-state index is 11.1. The molecule has 0 amide bonds. The van der Waals surface area contributed by atoms with E-state index >= 15 is 0 Å². The molecule has 1 aromatic heterocycles. The van der Waals surface area contributed by atoms with E-state index in [0.29, 0.717) is 5.56 Å². The van der Waals surface area contributed by atoms with Crippen LogP contribution in [0.25, 0.3) is 0 Å². The molecule has 1 aromatic carbocycles. The predicted octanol–water partition coefficient (Wildman–Crippen LogP) is 4.54. The maximum atomic E-state index is 11.1. The van der Waals surface area contributed by atoms with Crippen molar-refractivity contribution >= 4 is 45.0 Å². The molecule has 0 saturated carbocycles. The highest BCUT2D eigenvalue weighted by atomic mass is 79.9.